The largest absolute Gasteiger partial charge is 0.395 e. The summed E-state index contributed by atoms with van der Waals surface area (Å²) in [6, 6.07) is 0. The fourth-order valence-electron chi connectivity index (χ4n) is 1.76. The Hall–Kier alpha value is -2.38. The maximum absolute atomic E-state index is 12.0. The van der Waals surface area contributed by atoms with Crippen LogP contribution in [0.1, 0.15) is 27.9 Å². The summed E-state index contributed by atoms with van der Waals surface area (Å²) in [4.78, 5) is 16.0. The van der Waals surface area contributed by atoms with Gasteiger partial charge in [-0.3, -0.25) is 9.48 Å². The van der Waals surface area contributed by atoms with Crippen molar-refractivity contribution in [2.75, 3.05) is 12.3 Å². The van der Waals surface area contributed by atoms with E-state index in [-0.39, 0.29) is 5.91 Å². The third-order valence-electron chi connectivity index (χ3n) is 2.69. The van der Waals surface area contributed by atoms with Crippen LogP contribution >= 0.6 is 0 Å². The Morgan fingerprint density at radius 2 is 2.21 bits per heavy atom. The molecule has 0 fully saturated rings. The van der Waals surface area contributed by atoms with E-state index in [1.807, 2.05) is 0 Å². The highest BCUT2D eigenvalue weighted by molar-refractivity contribution is 5.97. The topological polar surface area (TPSA) is 112 Å². The number of hydrogen-bond donors (Lipinski definition) is 2. The Morgan fingerprint density at radius 1 is 1.47 bits per heavy atom. The highest BCUT2D eigenvalue weighted by Crippen LogP contribution is 2.14. The van der Waals surface area contributed by atoms with Gasteiger partial charge in [-0.2, -0.15) is 10.1 Å². The van der Waals surface area contributed by atoms with Gasteiger partial charge in [-0.05, 0) is 6.92 Å². The van der Waals surface area contributed by atoms with Crippen molar-refractivity contribution in [3.63, 3.8) is 0 Å². The monoisotopic (exact) mass is 264 g/mol. The minimum atomic E-state index is -0.263. The molecule has 0 unspecified atom stereocenters. The van der Waals surface area contributed by atoms with Crippen LogP contribution in [-0.2, 0) is 13.5 Å². The van der Waals surface area contributed by atoms with Gasteiger partial charge in [0, 0.05) is 26.9 Å². The van der Waals surface area contributed by atoms with Crippen LogP contribution in [-0.4, -0.2) is 32.4 Å². The molecule has 2 heterocycles. The second-order valence-corrected chi connectivity index (χ2v) is 4.21. The Balaban J connectivity index is 1.94. The van der Waals surface area contributed by atoms with Crippen LogP contribution in [0.5, 0.6) is 0 Å². The SMILES string of the molecule is Cc1nc(CCNC(=O)c2c(N)c(C)nn2C)no1. The lowest BCUT2D eigenvalue weighted by molar-refractivity contribution is 0.0945. The maximum atomic E-state index is 12.0. The van der Waals surface area contributed by atoms with E-state index < -0.39 is 0 Å². The molecule has 0 saturated heterocycles. The van der Waals surface area contributed by atoms with Crippen LogP contribution in [0.25, 0.3) is 0 Å². The third-order valence-corrected chi connectivity index (χ3v) is 2.69. The summed E-state index contributed by atoms with van der Waals surface area (Å²) in [7, 11) is 1.68. The summed E-state index contributed by atoms with van der Waals surface area (Å²) in [5, 5.41) is 10.6. The minimum absolute atomic E-state index is 0.263. The Morgan fingerprint density at radius 3 is 2.74 bits per heavy atom. The second kappa shape index (κ2) is 5.09. The van der Waals surface area contributed by atoms with Crippen molar-refractivity contribution >= 4 is 11.6 Å². The van der Waals surface area contributed by atoms with Gasteiger partial charge in [0.1, 0.15) is 5.69 Å². The van der Waals surface area contributed by atoms with Crippen molar-refractivity contribution in [2.45, 2.75) is 20.3 Å². The predicted molar refractivity (Wildman–Crippen MR) is 67.4 cm³/mol. The minimum Gasteiger partial charge on any atom is -0.395 e. The number of nitrogen functional groups attached to an aromatic ring is 1. The molecule has 1 amide bonds. The molecule has 19 heavy (non-hydrogen) atoms. The van der Waals surface area contributed by atoms with Crippen molar-refractivity contribution < 1.29 is 9.32 Å². The molecule has 2 aromatic rings. The highest BCUT2D eigenvalue weighted by Gasteiger charge is 2.17. The van der Waals surface area contributed by atoms with Gasteiger partial charge < -0.3 is 15.6 Å². The number of nitrogens with zero attached hydrogens (tertiary/aromatic N) is 4. The van der Waals surface area contributed by atoms with E-state index >= 15 is 0 Å². The zero-order chi connectivity index (χ0) is 14.0. The molecule has 3 N–H and O–H groups in total. The molecular weight excluding hydrogens is 248 g/mol. The van der Waals surface area contributed by atoms with E-state index in [1.165, 1.54) is 4.68 Å². The Bertz CT molecular complexity index is 600. The van der Waals surface area contributed by atoms with E-state index in [0.29, 0.717) is 41.8 Å². The summed E-state index contributed by atoms with van der Waals surface area (Å²) >= 11 is 0. The van der Waals surface area contributed by atoms with Crippen LogP contribution in [0.4, 0.5) is 5.69 Å². The molecule has 0 aliphatic rings. The molecule has 102 valence electrons. The number of carbonyl (C=O) groups excluding carboxylic acids is 1. The van der Waals surface area contributed by atoms with Gasteiger partial charge in [0.2, 0.25) is 5.89 Å². The van der Waals surface area contributed by atoms with Crippen LogP contribution < -0.4 is 11.1 Å². The first kappa shape index (κ1) is 13.1. The van der Waals surface area contributed by atoms with Crippen LogP contribution in [0, 0.1) is 13.8 Å². The van der Waals surface area contributed by atoms with Gasteiger partial charge in [0.15, 0.2) is 5.82 Å². The third kappa shape index (κ3) is 2.72. The van der Waals surface area contributed by atoms with Crippen LogP contribution in [0.15, 0.2) is 4.52 Å². The van der Waals surface area contributed by atoms with Gasteiger partial charge in [0.25, 0.3) is 5.91 Å². The quantitative estimate of drug-likeness (QED) is 0.802. The summed E-state index contributed by atoms with van der Waals surface area (Å²) in [5.74, 6) is 0.806. The molecule has 0 aromatic carbocycles. The average molecular weight is 264 g/mol. The zero-order valence-corrected chi connectivity index (χ0v) is 11.1. The molecule has 2 rings (SSSR count). The smallest absolute Gasteiger partial charge is 0.271 e. The molecule has 0 atom stereocenters. The molecular formula is C11H16N6O2. The zero-order valence-electron chi connectivity index (χ0n) is 11.1. The molecule has 0 aliphatic carbocycles. The number of aromatic nitrogens is 4. The second-order valence-electron chi connectivity index (χ2n) is 4.21. The normalized spacial score (nSPS) is 10.7. The number of nitrogens with one attached hydrogen (secondary N) is 1. The molecule has 0 radical (unpaired) electrons. The first-order valence-corrected chi connectivity index (χ1v) is 5.85. The van der Waals surface area contributed by atoms with E-state index in [0.717, 1.165) is 0 Å². The molecule has 8 nitrogen and oxygen atoms in total. The number of rotatable bonds is 4. The molecule has 0 saturated carbocycles. The molecule has 0 bridgehead atoms. The first-order valence-electron chi connectivity index (χ1n) is 5.85. The predicted octanol–water partition coefficient (Wildman–Crippen LogP) is -0.0254. The molecule has 0 aliphatic heterocycles. The van der Waals surface area contributed by atoms with E-state index in [1.54, 1.807) is 20.9 Å². The lowest BCUT2D eigenvalue weighted by atomic mass is 10.3. The number of carbonyl (C=O) groups is 1. The highest BCUT2D eigenvalue weighted by atomic mass is 16.5. The maximum Gasteiger partial charge on any atom is 0.271 e. The van der Waals surface area contributed by atoms with E-state index in [4.69, 9.17) is 10.3 Å². The van der Waals surface area contributed by atoms with Gasteiger partial charge in [-0.15, -0.1) is 0 Å². The van der Waals surface area contributed by atoms with Gasteiger partial charge >= 0.3 is 0 Å². The van der Waals surface area contributed by atoms with Gasteiger partial charge in [-0.25, -0.2) is 0 Å². The van der Waals surface area contributed by atoms with Crippen molar-refractivity contribution in [2.24, 2.45) is 7.05 Å². The first-order chi connectivity index (χ1) is 8.99. The van der Waals surface area contributed by atoms with Crippen molar-refractivity contribution in [1.29, 1.82) is 0 Å². The van der Waals surface area contributed by atoms with Crippen LogP contribution in [0.3, 0.4) is 0 Å². The molecule has 2 aromatic heterocycles. The lowest BCUT2D eigenvalue weighted by Gasteiger charge is -2.04. The van der Waals surface area contributed by atoms with Crippen LogP contribution in [0.2, 0.25) is 0 Å². The summed E-state index contributed by atoms with van der Waals surface area (Å²) in [6.45, 7) is 3.88. The summed E-state index contributed by atoms with van der Waals surface area (Å²) in [6.07, 6.45) is 0.500. The fourth-order valence-corrected chi connectivity index (χ4v) is 1.76. The summed E-state index contributed by atoms with van der Waals surface area (Å²) in [5.41, 5.74) is 7.21. The van der Waals surface area contributed by atoms with Gasteiger partial charge in [0.05, 0.1) is 11.4 Å². The number of hydrogen-bond acceptors (Lipinski definition) is 6. The Labute approximate surface area is 110 Å². The lowest BCUT2D eigenvalue weighted by Crippen LogP contribution is -2.28. The molecule has 8 heteroatoms. The van der Waals surface area contributed by atoms with Gasteiger partial charge in [-0.1, -0.05) is 5.16 Å². The van der Waals surface area contributed by atoms with Crippen molar-refractivity contribution in [3.8, 4) is 0 Å². The number of amides is 1. The van der Waals surface area contributed by atoms with Crippen molar-refractivity contribution in [3.05, 3.63) is 23.1 Å². The standard InChI is InChI=1S/C11H16N6O2/c1-6-9(12)10(17(3)15-6)11(18)13-5-4-8-14-7(2)19-16-8/h4-5,12H2,1-3H3,(H,13,18). The van der Waals surface area contributed by atoms with E-state index in [9.17, 15) is 4.79 Å². The van der Waals surface area contributed by atoms with Crippen molar-refractivity contribution in [1.82, 2.24) is 25.2 Å². The molecule has 0 spiro atoms. The van der Waals surface area contributed by atoms with E-state index in [2.05, 4.69) is 20.6 Å². The number of nitrogens with two attached hydrogens (primary N) is 1. The Kier molecular flexibility index (Phi) is 3.50. The summed E-state index contributed by atoms with van der Waals surface area (Å²) < 4.78 is 6.31. The number of anilines is 1. The number of aryl methyl sites for hydroxylation is 3. The average Bonchev–Trinajstić information content (AvgIpc) is 2.84. The fraction of sp³-hybridized carbons (Fsp3) is 0.455.